The van der Waals surface area contributed by atoms with Gasteiger partial charge in [-0.2, -0.15) is 0 Å². The zero-order valence-electron chi connectivity index (χ0n) is 9.60. The molecule has 0 aliphatic rings. The van der Waals surface area contributed by atoms with Crippen molar-refractivity contribution < 1.29 is 0 Å². The highest BCUT2D eigenvalue weighted by Gasteiger charge is 2.23. The molecule has 1 nitrogen and oxygen atoms in total. The van der Waals surface area contributed by atoms with E-state index in [1.54, 1.807) is 0 Å². The fraction of sp³-hybridized carbons (Fsp3) is 1.00. The summed E-state index contributed by atoms with van der Waals surface area (Å²) in [6.07, 6.45) is 5.96. The van der Waals surface area contributed by atoms with Gasteiger partial charge in [0.25, 0.3) is 0 Å². The van der Waals surface area contributed by atoms with Crippen LogP contribution < -0.4 is 5.73 Å². The van der Waals surface area contributed by atoms with Crippen molar-refractivity contribution >= 4 is 12.4 Å². The lowest BCUT2D eigenvalue weighted by molar-refractivity contribution is 0.294. The summed E-state index contributed by atoms with van der Waals surface area (Å²) in [6.45, 7) is 8.95. The third kappa shape index (κ3) is 7.33. The van der Waals surface area contributed by atoms with Crippen LogP contribution in [0.5, 0.6) is 0 Å². The first-order valence-electron chi connectivity index (χ1n) is 5.33. The minimum absolute atomic E-state index is 0. The van der Waals surface area contributed by atoms with Gasteiger partial charge in [0.05, 0.1) is 0 Å². The Morgan fingerprint density at radius 2 is 1.46 bits per heavy atom. The van der Waals surface area contributed by atoms with Crippen molar-refractivity contribution in [2.75, 3.05) is 0 Å². The lowest BCUT2D eigenvalue weighted by Crippen LogP contribution is -2.40. The highest BCUT2D eigenvalue weighted by Crippen LogP contribution is 2.24. The standard InChI is InChI=1S/C11H25N.ClH/c1-5-7-11(12,8-6-2)9-10(3)4;/h10H,5-9,12H2,1-4H3;1H. The van der Waals surface area contributed by atoms with Crippen LogP contribution in [0.3, 0.4) is 0 Å². The predicted molar refractivity (Wildman–Crippen MR) is 63.4 cm³/mol. The normalized spacial score (nSPS) is 11.5. The molecule has 0 fully saturated rings. The van der Waals surface area contributed by atoms with Gasteiger partial charge in [0.15, 0.2) is 0 Å². The fourth-order valence-electron chi connectivity index (χ4n) is 2.14. The second-order valence-electron chi connectivity index (χ2n) is 4.46. The van der Waals surface area contributed by atoms with E-state index in [-0.39, 0.29) is 17.9 Å². The molecule has 82 valence electrons. The summed E-state index contributed by atoms with van der Waals surface area (Å²) in [5.74, 6) is 0.730. The van der Waals surface area contributed by atoms with Gasteiger partial charge in [-0.25, -0.2) is 0 Å². The molecule has 0 aliphatic heterocycles. The summed E-state index contributed by atoms with van der Waals surface area (Å²) in [6, 6.07) is 0. The number of hydrogen-bond acceptors (Lipinski definition) is 1. The number of halogens is 1. The highest BCUT2D eigenvalue weighted by molar-refractivity contribution is 5.85. The third-order valence-corrected chi connectivity index (χ3v) is 2.31. The van der Waals surface area contributed by atoms with E-state index in [1.165, 1.54) is 32.1 Å². The molecule has 0 aromatic carbocycles. The monoisotopic (exact) mass is 207 g/mol. The van der Waals surface area contributed by atoms with E-state index in [9.17, 15) is 0 Å². The van der Waals surface area contributed by atoms with E-state index in [0.29, 0.717) is 0 Å². The van der Waals surface area contributed by atoms with Gasteiger partial charge >= 0.3 is 0 Å². The quantitative estimate of drug-likeness (QED) is 0.706. The molecule has 0 heterocycles. The Kier molecular flexibility index (Phi) is 9.23. The molecule has 0 rings (SSSR count). The average Bonchev–Trinajstić information content (AvgIpc) is 1.85. The Morgan fingerprint density at radius 3 is 1.69 bits per heavy atom. The van der Waals surface area contributed by atoms with Crippen molar-refractivity contribution in [3.8, 4) is 0 Å². The molecular formula is C11H26ClN. The van der Waals surface area contributed by atoms with Crippen LogP contribution in [0, 0.1) is 5.92 Å². The summed E-state index contributed by atoms with van der Waals surface area (Å²) in [5, 5.41) is 0. The third-order valence-electron chi connectivity index (χ3n) is 2.31. The van der Waals surface area contributed by atoms with E-state index in [2.05, 4.69) is 27.7 Å². The SMILES string of the molecule is CCCC(N)(CCC)CC(C)C.Cl. The van der Waals surface area contributed by atoms with Crippen LogP contribution in [0.15, 0.2) is 0 Å². The molecule has 0 spiro atoms. The van der Waals surface area contributed by atoms with Gasteiger partial charge in [0.1, 0.15) is 0 Å². The Labute approximate surface area is 89.9 Å². The summed E-state index contributed by atoms with van der Waals surface area (Å²) >= 11 is 0. The lowest BCUT2D eigenvalue weighted by Gasteiger charge is -2.30. The van der Waals surface area contributed by atoms with Crippen molar-refractivity contribution in [3.63, 3.8) is 0 Å². The van der Waals surface area contributed by atoms with Crippen molar-refractivity contribution in [2.45, 2.75) is 65.3 Å². The van der Waals surface area contributed by atoms with Crippen LogP contribution in [0.2, 0.25) is 0 Å². The molecular weight excluding hydrogens is 182 g/mol. The maximum absolute atomic E-state index is 6.32. The maximum Gasteiger partial charge on any atom is 0.0156 e. The van der Waals surface area contributed by atoms with Gasteiger partial charge in [-0.3, -0.25) is 0 Å². The summed E-state index contributed by atoms with van der Waals surface area (Å²) in [7, 11) is 0. The molecule has 0 unspecified atom stereocenters. The minimum atomic E-state index is 0. The van der Waals surface area contributed by atoms with Crippen LogP contribution in [0.25, 0.3) is 0 Å². The van der Waals surface area contributed by atoms with E-state index < -0.39 is 0 Å². The topological polar surface area (TPSA) is 26.0 Å². The first-order chi connectivity index (χ1) is 5.54. The molecule has 0 aromatic heterocycles. The molecule has 0 amide bonds. The fourth-order valence-corrected chi connectivity index (χ4v) is 2.14. The second-order valence-corrected chi connectivity index (χ2v) is 4.46. The Bertz CT molecular complexity index is 107. The molecule has 2 N–H and O–H groups in total. The zero-order chi connectivity index (χ0) is 9.61. The van der Waals surface area contributed by atoms with E-state index in [4.69, 9.17) is 5.73 Å². The van der Waals surface area contributed by atoms with Crippen molar-refractivity contribution in [1.29, 1.82) is 0 Å². The largest absolute Gasteiger partial charge is 0.325 e. The molecule has 2 heteroatoms. The van der Waals surface area contributed by atoms with Crippen molar-refractivity contribution in [2.24, 2.45) is 11.7 Å². The van der Waals surface area contributed by atoms with Crippen molar-refractivity contribution in [3.05, 3.63) is 0 Å². The molecule has 0 aliphatic carbocycles. The van der Waals surface area contributed by atoms with Crippen LogP contribution in [-0.2, 0) is 0 Å². The lowest BCUT2D eigenvalue weighted by atomic mass is 9.82. The molecule has 0 saturated carbocycles. The summed E-state index contributed by atoms with van der Waals surface area (Å²) in [5.41, 5.74) is 6.44. The van der Waals surface area contributed by atoms with Gasteiger partial charge in [-0.1, -0.05) is 40.5 Å². The number of nitrogens with two attached hydrogens (primary N) is 1. The van der Waals surface area contributed by atoms with E-state index in [0.717, 1.165) is 5.92 Å². The van der Waals surface area contributed by atoms with Crippen LogP contribution in [0.1, 0.15) is 59.8 Å². The van der Waals surface area contributed by atoms with Gasteiger partial charge in [-0.15, -0.1) is 12.4 Å². The number of hydrogen-bond donors (Lipinski definition) is 1. The summed E-state index contributed by atoms with van der Waals surface area (Å²) in [4.78, 5) is 0. The van der Waals surface area contributed by atoms with Gasteiger partial charge in [0.2, 0.25) is 0 Å². The molecule has 0 saturated heterocycles. The first-order valence-corrected chi connectivity index (χ1v) is 5.33. The van der Waals surface area contributed by atoms with Gasteiger partial charge in [0, 0.05) is 5.54 Å². The molecule has 0 atom stereocenters. The Balaban J connectivity index is 0. The van der Waals surface area contributed by atoms with Crippen LogP contribution >= 0.6 is 12.4 Å². The molecule has 0 radical (unpaired) electrons. The molecule has 0 bridgehead atoms. The molecule has 0 aromatic rings. The van der Waals surface area contributed by atoms with Crippen LogP contribution in [0.4, 0.5) is 0 Å². The Hall–Kier alpha value is 0.250. The first kappa shape index (κ1) is 15.7. The average molecular weight is 208 g/mol. The maximum atomic E-state index is 6.32. The minimum Gasteiger partial charge on any atom is -0.325 e. The predicted octanol–water partition coefficient (Wildman–Crippen LogP) is 3.75. The van der Waals surface area contributed by atoms with Gasteiger partial charge in [-0.05, 0) is 25.2 Å². The number of rotatable bonds is 6. The smallest absolute Gasteiger partial charge is 0.0156 e. The molecule has 13 heavy (non-hydrogen) atoms. The van der Waals surface area contributed by atoms with Gasteiger partial charge < -0.3 is 5.73 Å². The summed E-state index contributed by atoms with van der Waals surface area (Å²) < 4.78 is 0. The Morgan fingerprint density at radius 1 is 1.08 bits per heavy atom. The second kappa shape index (κ2) is 7.64. The van der Waals surface area contributed by atoms with Crippen molar-refractivity contribution in [1.82, 2.24) is 0 Å². The van der Waals surface area contributed by atoms with Crippen LogP contribution in [-0.4, -0.2) is 5.54 Å². The zero-order valence-corrected chi connectivity index (χ0v) is 10.4. The van der Waals surface area contributed by atoms with E-state index >= 15 is 0 Å². The highest BCUT2D eigenvalue weighted by atomic mass is 35.5. The van der Waals surface area contributed by atoms with E-state index in [1.807, 2.05) is 0 Å².